The van der Waals surface area contributed by atoms with E-state index in [-0.39, 0.29) is 35.6 Å². The Kier molecular flexibility index (Phi) is 4.18. The Morgan fingerprint density at radius 2 is 1.83 bits per heavy atom. The van der Waals surface area contributed by atoms with Gasteiger partial charge in [0.1, 0.15) is 12.9 Å². The Morgan fingerprint density at radius 1 is 1.07 bits per heavy atom. The van der Waals surface area contributed by atoms with Gasteiger partial charge in [-0.15, -0.1) is 0 Å². The van der Waals surface area contributed by atoms with Gasteiger partial charge in [0.05, 0.1) is 22.7 Å². The first kappa shape index (κ1) is 19.7. The van der Waals surface area contributed by atoms with Crippen molar-refractivity contribution in [3.63, 3.8) is 0 Å². The fraction of sp³-hybridized carbons (Fsp3) is 0.826. The predicted molar refractivity (Wildman–Crippen MR) is 104 cm³/mol. The molecular weight excluding hydrogens is 372 g/mol. The molecule has 6 heteroatoms. The molecule has 29 heavy (non-hydrogen) atoms. The summed E-state index contributed by atoms with van der Waals surface area (Å²) in [7, 11) is 0. The lowest BCUT2D eigenvalue weighted by Crippen LogP contribution is -2.68. The number of cyclic esters (lactones) is 1. The van der Waals surface area contributed by atoms with E-state index in [1.165, 1.54) is 0 Å². The van der Waals surface area contributed by atoms with Crippen LogP contribution in [0.15, 0.2) is 11.6 Å². The Hall–Kier alpha value is -1.24. The molecule has 3 N–H and O–H groups in total. The fourth-order valence-electron chi connectivity index (χ4n) is 8.34. The molecule has 5 aliphatic rings. The van der Waals surface area contributed by atoms with Crippen molar-refractivity contribution in [2.24, 2.45) is 28.6 Å². The third-order valence-electron chi connectivity index (χ3n) is 9.85. The van der Waals surface area contributed by atoms with E-state index in [4.69, 9.17) is 4.74 Å². The lowest BCUT2D eigenvalue weighted by Gasteiger charge is -2.65. The second-order valence-corrected chi connectivity index (χ2v) is 10.6. The average Bonchev–Trinajstić information content (AvgIpc) is 3.21. The highest BCUT2D eigenvalue weighted by Gasteiger charge is 2.71. The van der Waals surface area contributed by atoms with Crippen LogP contribution in [0, 0.1) is 28.6 Å². The third kappa shape index (κ3) is 2.34. The summed E-state index contributed by atoms with van der Waals surface area (Å²) in [6, 6.07) is 0. The van der Waals surface area contributed by atoms with Crippen molar-refractivity contribution in [2.45, 2.75) is 82.0 Å². The van der Waals surface area contributed by atoms with Gasteiger partial charge in [0, 0.05) is 17.9 Å². The summed E-state index contributed by atoms with van der Waals surface area (Å²) >= 11 is 0. The monoisotopic (exact) mass is 404 g/mol. The lowest BCUT2D eigenvalue weighted by atomic mass is 9.41. The highest BCUT2D eigenvalue weighted by Crippen LogP contribution is 2.70. The summed E-state index contributed by atoms with van der Waals surface area (Å²) in [5.74, 6) is -0.304. The Bertz CT molecular complexity index is 777. The zero-order chi connectivity index (χ0) is 20.7. The molecule has 0 aromatic heterocycles. The molecule has 0 amide bonds. The first-order valence-electron chi connectivity index (χ1n) is 11.2. The summed E-state index contributed by atoms with van der Waals surface area (Å²) in [4.78, 5) is 24.1. The molecule has 1 heterocycles. The van der Waals surface area contributed by atoms with Crippen LogP contribution in [-0.2, 0) is 14.3 Å². The van der Waals surface area contributed by atoms with Gasteiger partial charge in [-0.05, 0) is 74.7 Å². The zero-order valence-corrected chi connectivity index (χ0v) is 17.1. The molecule has 4 aliphatic carbocycles. The third-order valence-corrected chi connectivity index (χ3v) is 9.85. The molecule has 0 saturated heterocycles. The number of aliphatic hydroxyl groups excluding tert-OH is 1. The maximum absolute atomic E-state index is 12.5. The molecule has 0 aromatic rings. The van der Waals surface area contributed by atoms with Crippen molar-refractivity contribution in [3.8, 4) is 0 Å². The number of ether oxygens (including phenoxy) is 1. The van der Waals surface area contributed by atoms with Gasteiger partial charge in [0.15, 0.2) is 0 Å². The highest BCUT2D eigenvalue weighted by molar-refractivity contribution is 5.85. The van der Waals surface area contributed by atoms with Crippen LogP contribution < -0.4 is 0 Å². The van der Waals surface area contributed by atoms with Crippen molar-refractivity contribution in [2.75, 3.05) is 6.61 Å². The van der Waals surface area contributed by atoms with Crippen LogP contribution in [0.5, 0.6) is 0 Å². The topological polar surface area (TPSA) is 104 Å². The van der Waals surface area contributed by atoms with E-state index >= 15 is 0 Å². The first-order valence-corrected chi connectivity index (χ1v) is 11.2. The fourth-order valence-corrected chi connectivity index (χ4v) is 8.34. The minimum absolute atomic E-state index is 0.0504. The van der Waals surface area contributed by atoms with Crippen molar-refractivity contribution in [1.82, 2.24) is 0 Å². The second kappa shape index (κ2) is 6.14. The Labute approximate surface area is 171 Å². The number of hydrogen-bond acceptors (Lipinski definition) is 6. The molecule has 0 bridgehead atoms. The molecule has 1 aliphatic heterocycles. The van der Waals surface area contributed by atoms with Crippen molar-refractivity contribution in [3.05, 3.63) is 11.6 Å². The molecule has 4 fully saturated rings. The van der Waals surface area contributed by atoms with Gasteiger partial charge < -0.3 is 24.9 Å². The van der Waals surface area contributed by atoms with E-state index in [0.717, 1.165) is 31.1 Å². The average molecular weight is 405 g/mol. The predicted octanol–water partition coefficient (Wildman–Crippen LogP) is 1.90. The molecule has 160 valence electrons. The normalized spacial score (nSPS) is 54.1. The van der Waals surface area contributed by atoms with Crippen molar-refractivity contribution in [1.29, 1.82) is 0 Å². The first-order chi connectivity index (χ1) is 13.7. The van der Waals surface area contributed by atoms with Gasteiger partial charge in [-0.2, -0.15) is 0 Å². The van der Waals surface area contributed by atoms with Crippen LogP contribution >= 0.6 is 0 Å². The quantitative estimate of drug-likeness (QED) is 0.480. The summed E-state index contributed by atoms with van der Waals surface area (Å²) in [5, 5.41) is 33.7. The molecular formula is C23H32O6. The molecule has 6 nitrogen and oxygen atoms in total. The summed E-state index contributed by atoms with van der Waals surface area (Å²) in [6.07, 6.45) is 7.36. The SMILES string of the molecule is C[C@]12CC[C@H]3[C@@H](CCC4(O)CC(O)CC[C@]34C=O)[C@@]1(O)CC[C@@H]2C1=CC(=O)OC1. The molecule has 8 atom stereocenters. The molecule has 4 saturated carbocycles. The van der Waals surface area contributed by atoms with E-state index in [2.05, 4.69) is 6.92 Å². The smallest absolute Gasteiger partial charge is 0.331 e. The van der Waals surface area contributed by atoms with Gasteiger partial charge in [0.25, 0.3) is 0 Å². The number of aldehydes is 1. The second-order valence-electron chi connectivity index (χ2n) is 10.6. The van der Waals surface area contributed by atoms with Crippen LogP contribution in [0.3, 0.4) is 0 Å². The van der Waals surface area contributed by atoms with Gasteiger partial charge >= 0.3 is 5.97 Å². The van der Waals surface area contributed by atoms with E-state index in [0.29, 0.717) is 38.7 Å². The number of fused-ring (bicyclic) bond motifs is 5. The summed E-state index contributed by atoms with van der Waals surface area (Å²) < 4.78 is 5.15. The van der Waals surface area contributed by atoms with Crippen LogP contribution in [0.2, 0.25) is 0 Å². The molecule has 5 rings (SSSR count). The molecule has 0 aromatic carbocycles. The number of carbonyl (C=O) groups is 2. The number of carbonyl (C=O) groups excluding carboxylic acids is 2. The number of rotatable bonds is 2. The highest BCUT2D eigenvalue weighted by atomic mass is 16.5. The molecule has 0 spiro atoms. The summed E-state index contributed by atoms with van der Waals surface area (Å²) in [5.41, 5.74) is -2.34. The van der Waals surface area contributed by atoms with Crippen LogP contribution in [0.25, 0.3) is 0 Å². The molecule has 2 unspecified atom stereocenters. The van der Waals surface area contributed by atoms with Crippen LogP contribution in [0.1, 0.15) is 64.7 Å². The standard InChI is InChI=1S/C23H32O6/c1-20-6-3-17-18(4-8-22(27)11-15(25)2-7-21(17,22)13-24)23(20,28)9-5-16(20)14-10-19(26)29-12-14/h10,13,15-18,25,27-28H,2-9,11-12H2,1H3/t15?,16-,17+,18-,20-,21+,22?,23+/m1/s1. The minimum atomic E-state index is -1.18. The molecule has 0 radical (unpaired) electrons. The maximum Gasteiger partial charge on any atom is 0.331 e. The summed E-state index contributed by atoms with van der Waals surface area (Å²) in [6.45, 7) is 2.46. The van der Waals surface area contributed by atoms with Crippen molar-refractivity contribution >= 4 is 12.3 Å². The number of aliphatic hydroxyl groups is 3. The van der Waals surface area contributed by atoms with Crippen LogP contribution in [0.4, 0.5) is 0 Å². The van der Waals surface area contributed by atoms with E-state index in [1.54, 1.807) is 6.08 Å². The number of hydrogen-bond donors (Lipinski definition) is 3. The van der Waals surface area contributed by atoms with Gasteiger partial charge in [-0.3, -0.25) is 0 Å². The van der Waals surface area contributed by atoms with Gasteiger partial charge in [-0.25, -0.2) is 4.79 Å². The van der Waals surface area contributed by atoms with E-state index in [1.807, 2.05) is 0 Å². The maximum atomic E-state index is 12.5. The van der Waals surface area contributed by atoms with Crippen molar-refractivity contribution < 1.29 is 29.6 Å². The van der Waals surface area contributed by atoms with E-state index in [9.17, 15) is 24.9 Å². The van der Waals surface area contributed by atoms with E-state index < -0.39 is 22.7 Å². The largest absolute Gasteiger partial charge is 0.458 e. The Balaban J connectivity index is 1.52. The Morgan fingerprint density at radius 3 is 2.52 bits per heavy atom. The lowest BCUT2D eigenvalue weighted by molar-refractivity contribution is -0.248. The zero-order valence-electron chi connectivity index (χ0n) is 17.1. The minimum Gasteiger partial charge on any atom is -0.458 e. The van der Waals surface area contributed by atoms with Crippen LogP contribution in [-0.4, -0.2) is 51.5 Å². The van der Waals surface area contributed by atoms with Gasteiger partial charge in [0.2, 0.25) is 0 Å². The number of esters is 1. The van der Waals surface area contributed by atoms with Gasteiger partial charge in [-0.1, -0.05) is 6.92 Å².